The van der Waals surface area contributed by atoms with E-state index in [1.54, 1.807) is 19.2 Å². The lowest BCUT2D eigenvalue weighted by atomic mass is 10.2. The summed E-state index contributed by atoms with van der Waals surface area (Å²) in [6.07, 6.45) is 0.918. The number of carbonyl (C=O) groups is 1. The molecule has 0 bridgehead atoms. The van der Waals surface area contributed by atoms with Crippen molar-refractivity contribution in [3.05, 3.63) is 21.3 Å². The summed E-state index contributed by atoms with van der Waals surface area (Å²) >= 11 is 2.16. The molecule has 0 saturated carbocycles. The van der Waals surface area contributed by atoms with E-state index < -0.39 is 0 Å². The van der Waals surface area contributed by atoms with E-state index in [1.807, 2.05) is 13.8 Å². The number of hydrogen-bond donors (Lipinski definition) is 1. The summed E-state index contributed by atoms with van der Waals surface area (Å²) < 4.78 is 17.1. The Kier molecular flexibility index (Phi) is 8.44. The zero-order valence-electron chi connectivity index (χ0n) is 12.7. The molecule has 5 nitrogen and oxygen atoms in total. The molecule has 0 aliphatic carbocycles. The van der Waals surface area contributed by atoms with Gasteiger partial charge in [-0.05, 0) is 48.1 Å². The van der Waals surface area contributed by atoms with E-state index >= 15 is 0 Å². The third-order valence-corrected chi connectivity index (χ3v) is 3.42. The molecule has 118 valence electrons. The van der Waals surface area contributed by atoms with Crippen molar-refractivity contribution in [2.75, 3.05) is 33.5 Å². The van der Waals surface area contributed by atoms with E-state index in [2.05, 4.69) is 27.9 Å². The minimum atomic E-state index is -0.145. The zero-order valence-corrected chi connectivity index (χ0v) is 14.9. The standard InChI is InChI=1S/C15H22INO4/c1-4-7-21-14-12(16)9-11(10-13(14)20-5-2)15(18)17-6-8-19-3/h9-10H,4-8H2,1-3H3,(H,17,18). The fourth-order valence-electron chi connectivity index (χ4n) is 1.67. The van der Waals surface area contributed by atoms with Crippen LogP contribution < -0.4 is 14.8 Å². The predicted molar refractivity (Wildman–Crippen MR) is 90.3 cm³/mol. The first kappa shape index (κ1) is 18.0. The fraction of sp³-hybridized carbons (Fsp3) is 0.533. The molecule has 0 aromatic heterocycles. The quantitative estimate of drug-likeness (QED) is 0.505. The van der Waals surface area contributed by atoms with Gasteiger partial charge in [0.05, 0.1) is 23.4 Å². The molecule has 6 heteroatoms. The van der Waals surface area contributed by atoms with Crippen LogP contribution in [0.4, 0.5) is 0 Å². The number of methoxy groups -OCH3 is 1. The molecule has 1 aromatic rings. The lowest BCUT2D eigenvalue weighted by Gasteiger charge is -2.15. The zero-order chi connectivity index (χ0) is 15.7. The molecule has 1 amide bonds. The van der Waals surface area contributed by atoms with Gasteiger partial charge < -0.3 is 19.5 Å². The fourth-order valence-corrected chi connectivity index (χ4v) is 2.43. The Hall–Kier alpha value is -1.02. The van der Waals surface area contributed by atoms with Gasteiger partial charge in [-0.1, -0.05) is 6.92 Å². The summed E-state index contributed by atoms with van der Waals surface area (Å²) in [5, 5.41) is 2.80. The van der Waals surface area contributed by atoms with E-state index in [1.165, 1.54) is 0 Å². The molecule has 21 heavy (non-hydrogen) atoms. The van der Waals surface area contributed by atoms with Crippen LogP contribution in [0, 0.1) is 3.57 Å². The third kappa shape index (κ3) is 5.70. The Balaban J connectivity index is 2.94. The van der Waals surface area contributed by atoms with Gasteiger partial charge in [0.2, 0.25) is 0 Å². The Bertz CT molecular complexity index is 465. The van der Waals surface area contributed by atoms with Crippen LogP contribution in [0.5, 0.6) is 11.5 Å². The number of nitrogens with one attached hydrogen (secondary N) is 1. The number of hydrogen-bond acceptors (Lipinski definition) is 4. The highest BCUT2D eigenvalue weighted by atomic mass is 127. The average molecular weight is 407 g/mol. The van der Waals surface area contributed by atoms with Gasteiger partial charge in [-0.25, -0.2) is 0 Å². The maximum atomic E-state index is 12.1. The highest BCUT2D eigenvalue weighted by Gasteiger charge is 2.15. The number of amides is 1. The number of ether oxygens (including phenoxy) is 3. The minimum absolute atomic E-state index is 0.145. The van der Waals surface area contributed by atoms with E-state index in [0.717, 1.165) is 9.99 Å². The van der Waals surface area contributed by atoms with Gasteiger partial charge in [0.1, 0.15) is 0 Å². The Labute approximate surface area is 139 Å². The van der Waals surface area contributed by atoms with Gasteiger partial charge in [-0.15, -0.1) is 0 Å². The molecule has 0 spiro atoms. The number of halogens is 1. The van der Waals surface area contributed by atoms with Crippen molar-refractivity contribution < 1.29 is 19.0 Å². The Morgan fingerprint density at radius 1 is 1.24 bits per heavy atom. The summed E-state index contributed by atoms with van der Waals surface area (Å²) in [7, 11) is 1.60. The molecule has 0 aliphatic heterocycles. The summed E-state index contributed by atoms with van der Waals surface area (Å²) in [6, 6.07) is 3.52. The van der Waals surface area contributed by atoms with Crippen LogP contribution in [0.25, 0.3) is 0 Å². The van der Waals surface area contributed by atoms with E-state index in [0.29, 0.717) is 43.4 Å². The average Bonchev–Trinajstić information content (AvgIpc) is 2.46. The lowest BCUT2D eigenvalue weighted by Crippen LogP contribution is -2.27. The molecule has 0 radical (unpaired) electrons. The van der Waals surface area contributed by atoms with Crippen molar-refractivity contribution in [1.82, 2.24) is 5.32 Å². The van der Waals surface area contributed by atoms with Crippen LogP contribution >= 0.6 is 22.6 Å². The first-order chi connectivity index (χ1) is 10.1. The van der Waals surface area contributed by atoms with Gasteiger partial charge in [-0.3, -0.25) is 4.79 Å². The van der Waals surface area contributed by atoms with Crippen molar-refractivity contribution in [2.24, 2.45) is 0 Å². The van der Waals surface area contributed by atoms with Crippen LogP contribution in [-0.2, 0) is 4.74 Å². The second kappa shape index (κ2) is 9.83. The maximum absolute atomic E-state index is 12.1. The molecule has 1 aromatic carbocycles. The van der Waals surface area contributed by atoms with Gasteiger partial charge in [0.25, 0.3) is 5.91 Å². The Morgan fingerprint density at radius 2 is 2.00 bits per heavy atom. The molecule has 0 atom stereocenters. The highest BCUT2D eigenvalue weighted by Crippen LogP contribution is 2.34. The number of carbonyl (C=O) groups excluding carboxylic acids is 1. The van der Waals surface area contributed by atoms with Crippen molar-refractivity contribution in [3.8, 4) is 11.5 Å². The summed E-state index contributed by atoms with van der Waals surface area (Å²) in [5.41, 5.74) is 0.558. The monoisotopic (exact) mass is 407 g/mol. The van der Waals surface area contributed by atoms with E-state index in [4.69, 9.17) is 14.2 Å². The largest absolute Gasteiger partial charge is 0.490 e. The molecule has 0 fully saturated rings. The molecule has 0 saturated heterocycles. The van der Waals surface area contributed by atoms with Crippen LogP contribution in [0.3, 0.4) is 0 Å². The molecular formula is C15H22INO4. The predicted octanol–water partition coefficient (Wildman–Crippen LogP) is 2.85. The van der Waals surface area contributed by atoms with Crippen molar-refractivity contribution in [1.29, 1.82) is 0 Å². The van der Waals surface area contributed by atoms with Crippen LogP contribution in [-0.4, -0.2) is 39.4 Å². The number of rotatable bonds is 9. The lowest BCUT2D eigenvalue weighted by molar-refractivity contribution is 0.0936. The van der Waals surface area contributed by atoms with E-state index in [9.17, 15) is 4.79 Å². The molecular weight excluding hydrogens is 385 g/mol. The maximum Gasteiger partial charge on any atom is 0.251 e. The summed E-state index contributed by atoms with van der Waals surface area (Å²) in [6.45, 7) is 6.05. The number of benzene rings is 1. The van der Waals surface area contributed by atoms with Crippen molar-refractivity contribution in [3.63, 3.8) is 0 Å². The molecule has 0 heterocycles. The second-order valence-electron chi connectivity index (χ2n) is 4.32. The summed E-state index contributed by atoms with van der Waals surface area (Å²) in [5.74, 6) is 1.16. The molecule has 1 N–H and O–H groups in total. The summed E-state index contributed by atoms with van der Waals surface area (Å²) in [4.78, 5) is 12.1. The molecule has 0 aliphatic rings. The van der Waals surface area contributed by atoms with Gasteiger partial charge >= 0.3 is 0 Å². The molecule has 1 rings (SSSR count). The van der Waals surface area contributed by atoms with Gasteiger partial charge in [0, 0.05) is 19.2 Å². The smallest absolute Gasteiger partial charge is 0.251 e. The highest BCUT2D eigenvalue weighted by molar-refractivity contribution is 14.1. The first-order valence-electron chi connectivity index (χ1n) is 7.00. The second-order valence-corrected chi connectivity index (χ2v) is 5.48. The van der Waals surface area contributed by atoms with Crippen LogP contribution in [0.2, 0.25) is 0 Å². The van der Waals surface area contributed by atoms with Gasteiger partial charge in [0.15, 0.2) is 11.5 Å². The van der Waals surface area contributed by atoms with E-state index in [-0.39, 0.29) is 5.91 Å². The van der Waals surface area contributed by atoms with Gasteiger partial charge in [-0.2, -0.15) is 0 Å². The van der Waals surface area contributed by atoms with Crippen molar-refractivity contribution >= 4 is 28.5 Å². The van der Waals surface area contributed by atoms with Crippen LogP contribution in [0.1, 0.15) is 30.6 Å². The van der Waals surface area contributed by atoms with Crippen LogP contribution in [0.15, 0.2) is 12.1 Å². The first-order valence-corrected chi connectivity index (χ1v) is 8.08. The normalized spacial score (nSPS) is 10.3. The van der Waals surface area contributed by atoms with Crippen molar-refractivity contribution in [2.45, 2.75) is 20.3 Å². The topological polar surface area (TPSA) is 56.8 Å². The Morgan fingerprint density at radius 3 is 2.62 bits per heavy atom. The minimum Gasteiger partial charge on any atom is -0.490 e. The SMILES string of the molecule is CCCOc1c(I)cc(C(=O)NCCOC)cc1OCC. The molecule has 0 unspecified atom stereocenters. The third-order valence-electron chi connectivity index (χ3n) is 2.61.